The van der Waals surface area contributed by atoms with Gasteiger partial charge in [0.2, 0.25) is 0 Å². The normalized spacial score (nSPS) is 13.9. The summed E-state index contributed by atoms with van der Waals surface area (Å²) >= 11 is 0. The highest BCUT2D eigenvalue weighted by Crippen LogP contribution is 2.16. The molecule has 1 aromatic heterocycles. The molecule has 0 fully saturated rings. The number of hydrogen-bond donors (Lipinski definition) is 2. The largest absolute Gasteiger partial charge is 0.480 e. The molecule has 0 radical (unpaired) electrons. The molecule has 1 amide bonds. The minimum absolute atomic E-state index is 0.363. The van der Waals surface area contributed by atoms with E-state index in [-0.39, 0.29) is 0 Å². The third-order valence-corrected chi connectivity index (χ3v) is 3.48. The van der Waals surface area contributed by atoms with Crippen LogP contribution in [0.25, 0.3) is 11.0 Å². The fraction of sp³-hybridized carbons (Fsp3) is 0.429. The third-order valence-electron chi connectivity index (χ3n) is 3.48. The van der Waals surface area contributed by atoms with E-state index in [1.807, 2.05) is 6.92 Å². The number of aromatic nitrogens is 3. The number of rotatable bonds is 5. The molecule has 1 atom stereocenters. The Bertz CT molecular complexity index is 695. The van der Waals surface area contributed by atoms with E-state index in [1.54, 1.807) is 29.9 Å². The Hall–Kier alpha value is -2.44. The fourth-order valence-corrected chi connectivity index (χ4v) is 2.23. The molecular formula is C14H18N4O3. The molecule has 2 rings (SSSR count). The number of carboxylic acid groups (broad SMARTS) is 1. The minimum atomic E-state index is -1.27. The number of aliphatic carboxylic acids is 1. The first-order valence-electron chi connectivity index (χ1n) is 6.72. The van der Waals surface area contributed by atoms with Gasteiger partial charge in [0.25, 0.3) is 5.91 Å². The molecule has 112 valence electrons. The van der Waals surface area contributed by atoms with Crippen LogP contribution in [0.15, 0.2) is 18.2 Å². The number of carbonyl (C=O) groups is 2. The lowest BCUT2D eigenvalue weighted by atomic mass is 9.95. The highest BCUT2D eigenvalue weighted by molar-refractivity contribution is 5.99. The Morgan fingerprint density at radius 1 is 1.43 bits per heavy atom. The molecule has 1 aromatic carbocycles. The first-order valence-corrected chi connectivity index (χ1v) is 6.72. The second-order valence-electron chi connectivity index (χ2n) is 5.26. The maximum Gasteiger partial charge on any atom is 0.329 e. The van der Waals surface area contributed by atoms with E-state index < -0.39 is 17.4 Å². The SMILES string of the molecule is CCCC(C)(NC(=O)c1ccc2c(c1)nnn2C)C(=O)O. The summed E-state index contributed by atoms with van der Waals surface area (Å²) < 4.78 is 1.61. The smallest absolute Gasteiger partial charge is 0.329 e. The Morgan fingerprint density at radius 2 is 2.14 bits per heavy atom. The van der Waals surface area contributed by atoms with E-state index in [1.165, 1.54) is 6.92 Å². The standard InChI is InChI=1S/C14H18N4O3/c1-4-7-14(2,13(20)21)15-12(19)9-5-6-11-10(8-9)16-17-18(11)3/h5-6,8H,4,7H2,1-3H3,(H,15,19)(H,20,21). The van der Waals surface area contributed by atoms with E-state index in [9.17, 15) is 14.7 Å². The Morgan fingerprint density at radius 3 is 2.76 bits per heavy atom. The molecule has 7 heteroatoms. The molecule has 2 aromatic rings. The van der Waals surface area contributed by atoms with Crippen LogP contribution >= 0.6 is 0 Å². The number of nitrogens with one attached hydrogen (secondary N) is 1. The van der Waals surface area contributed by atoms with Gasteiger partial charge in [-0.1, -0.05) is 18.6 Å². The summed E-state index contributed by atoms with van der Waals surface area (Å²) in [6.45, 7) is 3.39. The second kappa shape index (κ2) is 5.51. The number of carboxylic acids is 1. The maximum atomic E-state index is 12.3. The molecular weight excluding hydrogens is 272 g/mol. The molecule has 2 N–H and O–H groups in total. The summed E-state index contributed by atoms with van der Waals surface area (Å²) in [5.41, 5.74) is 0.494. The molecule has 0 aliphatic carbocycles. The average Bonchev–Trinajstić information content (AvgIpc) is 2.80. The summed E-state index contributed by atoms with van der Waals surface area (Å²) in [7, 11) is 1.76. The number of aryl methyl sites for hydroxylation is 1. The van der Waals surface area contributed by atoms with Crippen molar-refractivity contribution in [3.8, 4) is 0 Å². The summed E-state index contributed by atoms with van der Waals surface area (Å²) in [6, 6.07) is 4.98. The van der Waals surface area contributed by atoms with Crippen molar-refractivity contribution in [3.63, 3.8) is 0 Å². The number of amides is 1. The monoisotopic (exact) mass is 290 g/mol. The molecule has 0 aliphatic rings. The van der Waals surface area contributed by atoms with E-state index in [2.05, 4.69) is 15.6 Å². The molecule has 21 heavy (non-hydrogen) atoms. The van der Waals surface area contributed by atoms with E-state index >= 15 is 0 Å². The van der Waals surface area contributed by atoms with Crippen molar-refractivity contribution in [2.24, 2.45) is 7.05 Å². The zero-order chi connectivity index (χ0) is 15.6. The molecule has 0 spiro atoms. The molecule has 0 bridgehead atoms. The third kappa shape index (κ3) is 2.86. The van der Waals surface area contributed by atoms with Crippen LogP contribution in [0, 0.1) is 0 Å². The van der Waals surface area contributed by atoms with Crippen LogP contribution in [0.1, 0.15) is 37.0 Å². The summed E-state index contributed by atoms with van der Waals surface area (Å²) in [4.78, 5) is 23.6. The van der Waals surface area contributed by atoms with Gasteiger partial charge in [0.15, 0.2) is 0 Å². The van der Waals surface area contributed by atoms with Crippen molar-refractivity contribution in [2.45, 2.75) is 32.2 Å². The van der Waals surface area contributed by atoms with Gasteiger partial charge < -0.3 is 10.4 Å². The number of hydrogen-bond acceptors (Lipinski definition) is 4. The van der Waals surface area contributed by atoms with Crippen molar-refractivity contribution in [2.75, 3.05) is 0 Å². The van der Waals surface area contributed by atoms with Gasteiger partial charge in [0.05, 0.1) is 5.52 Å². The Kier molecular flexibility index (Phi) is 3.93. The average molecular weight is 290 g/mol. The first-order chi connectivity index (χ1) is 9.87. The van der Waals surface area contributed by atoms with Gasteiger partial charge in [-0.05, 0) is 31.5 Å². The number of fused-ring (bicyclic) bond motifs is 1. The predicted molar refractivity (Wildman–Crippen MR) is 76.9 cm³/mol. The van der Waals surface area contributed by atoms with Crippen molar-refractivity contribution in [1.29, 1.82) is 0 Å². The first kappa shape index (κ1) is 15.0. The van der Waals surface area contributed by atoms with E-state index in [0.29, 0.717) is 23.9 Å². The number of nitrogens with zero attached hydrogens (tertiary/aromatic N) is 3. The summed E-state index contributed by atoms with van der Waals surface area (Å²) in [6.07, 6.45) is 1.02. The van der Waals surface area contributed by atoms with Crippen LogP contribution in [-0.2, 0) is 11.8 Å². The number of benzene rings is 1. The fourth-order valence-electron chi connectivity index (χ4n) is 2.23. The van der Waals surface area contributed by atoms with Gasteiger partial charge >= 0.3 is 5.97 Å². The molecule has 0 aliphatic heterocycles. The molecule has 1 heterocycles. The lowest BCUT2D eigenvalue weighted by Gasteiger charge is -2.25. The van der Waals surface area contributed by atoms with E-state index in [0.717, 1.165) is 5.52 Å². The minimum Gasteiger partial charge on any atom is -0.480 e. The van der Waals surface area contributed by atoms with Gasteiger partial charge in [-0.25, -0.2) is 9.48 Å². The summed E-state index contributed by atoms with van der Waals surface area (Å²) in [5.74, 6) is -1.47. The molecule has 0 saturated carbocycles. The summed E-state index contributed by atoms with van der Waals surface area (Å²) in [5, 5.41) is 19.7. The van der Waals surface area contributed by atoms with Crippen LogP contribution in [0.3, 0.4) is 0 Å². The lowest BCUT2D eigenvalue weighted by Crippen LogP contribution is -2.52. The highest BCUT2D eigenvalue weighted by Gasteiger charge is 2.34. The van der Waals surface area contributed by atoms with Crippen LogP contribution in [0.4, 0.5) is 0 Å². The van der Waals surface area contributed by atoms with Crippen LogP contribution < -0.4 is 5.32 Å². The van der Waals surface area contributed by atoms with Gasteiger partial charge in [0.1, 0.15) is 11.1 Å². The van der Waals surface area contributed by atoms with Gasteiger partial charge in [-0.15, -0.1) is 5.10 Å². The van der Waals surface area contributed by atoms with Crippen molar-refractivity contribution in [3.05, 3.63) is 23.8 Å². The van der Waals surface area contributed by atoms with Gasteiger partial charge in [0, 0.05) is 12.6 Å². The zero-order valence-corrected chi connectivity index (χ0v) is 12.3. The molecule has 0 saturated heterocycles. The quantitative estimate of drug-likeness (QED) is 0.866. The van der Waals surface area contributed by atoms with Crippen molar-refractivity contribution < 1.29 is 14.7 Å². The van der Waals surface area contributed by atoms with Crippen molar-refractivity contribution in [1.82, 2.24) is 20.3 Å². The second-order valence-corrected chi connectivity index (χ2v) is 5.26. The Balaban J connectivity index is 2.27. The van der Waals surface area contributed by atoms with Crippen molar-refractivity contribution >= 4 is 22.9 Å². The van der Waals surface area contributed by atoms with Gasteiger partial charge in [-0.2, -0.15) is 0 Å². The highest BCUT2D eigenvalue weighted by atomic mass is 16.4. The number of carbonyl (C=O) groups excluding carboxylic acids is 1. The predicted octanol–water partition coefficient (Wildman–Crippen LogP) is 1.34. The van der Waals surface area contributed by atoms with Crippen LogP contribution in [-0.4, -0.2) is 37.5 Å². The zero-order valence-electron chi connectivity index (χ0n) is 12.3. The van der Waals surface area contributed by atoms with Crippen LogP contribution in [0.5, 0.6) is 0 Å². The van der Waals surface area contributed by atoms with Gasteiger partial charge in [-0.3, -0.25) is 4.79 Å². The van der Waals surface area contributed by atoms with E-state index in [4.69, 9.17) is 0 Å². The topological polar surface area (TPSA) is 97.1 Å². The maximum absolute atomic E-state index is 12.3. The lowest BCUT2D eigenvalue weighted by molar-refractivity contribution is -0.144. The Labute approximate surface area is 121 Å². The van der Waals surface area contributed by atoms with Crippen LogP contribution in [0.2, 0.25) is 0 Å². The molecule has 7 nitrogen and oxygen atoms in total. The molecule has 1 unspecified atom stereocenters.